The average Bonchev–Trinajstić information content (AvgIpc) is 2.80. The van der Waals surface area contributed by atoms with Gasteiger partial charge in [-0.3, -0.25) is 4.79 Å². The number of aromatic nitrogens is 2. The molecule has 18 heavy (non-hydrogen) atoms. The first-order valence-corrected chi connectivity index (χ1v) is 5.43. The van der Waals surface area contributed by atoms with Gasteiger partial charge in [-0.2, -0.15) is 0 Å². The van der Waals surface area contributed by atoms with Gasteiger partial charge >= 0.3 is 5.97 Å². The quantitative estimate of drug-likeness (QED) is 0.661. The summed E-state index contributed by atoms with van der Waals surface area (Å²) in [4.78, 5) is 29.5. The van der Waals surface area contributed by atoms with E-state index in [1.807, 2.05) is 0 Å². The molecule has 1 aromatic heterocycles. The lowest BCUT2D eigenvalue weighted by Crippen LogP contribution is -2.51. The van der Waals surface area contributed by atoms with Crippen molar-refractivity contribution in [1.29, 1.82) is 0 Å². The first kappa shape index (κ1) is 14.2. The number of nitrogens with zero attached hydrogens (tertiary/aromatic N) is 1. The Hall–Kier alpha value is -1.89. The van der Waals surface area contributed by atoms with Gasteiger partial charge in [0.15, 0.2) is 0 Å². The molecule has 0 radical (unpaired) electrons. The molecule has 3 N–H and O–H groups in total. The summed E-state index contributed by atoms with van der Waals surface area (Å²) in [6.07, 6.45) is 3.11. The van der Waals surface area contributed by atoms with E-state index in [1.165, 1.54) is 19.6 Å². The molecule has 7 heteroatoms. The van der Waals surface area contributed by atoms with Gasteiger partial charge in [0.25, 0.3) is 5.91 Å². The maximum Gasteiger partial charge on any atom is 0.326 e. The second-order valence-corrected chi connectivity index (χ2v) is 4.36. The lowest BCUT2D eigenvalue weighted by atomic mass is 10.1. The van der Waals surface area contributed by atoms with Crippen molar-refractivity contribution in [3.05, 3.63) is 18.2 Å². The number of carbonyl (C=O) groups excluding carboxylic acids is 1. The molecular weight excluding hydrogens is 238 g/mol. The number of aliphatic carboxylic acids is 1. The molecule has 0 aliphatic carbocycles. The van der Waals surface area contributed by atoms with Crippen LogP contribution in [-0.4, -0.2) is 45.7 Å². The Labute approximate surface area is 105 Å². The molecule has 1 aromatic rings. The van der Waals surface area contributed by atoms with Gasteiger partial charge in [0, 0.05) is 25.4 Å². The number of amides is 1. The minimum absolute atomic E-state index is 0.140. The summed E-state index contributed by atoms with van der Waals surface area (Å²) >= 11 is 0. The number of carboxylic acid groups (broad SMARTS) is 1. The van der Waals surface area contributed by atoms with Crippen molar-refractivity contribution < 1.29 is 19.4 Å². The number of methoxy groups -OCH3 is 1. The highest BCUT2D eigenvalue weighted by atomic mass is 16.5. The Balaban J connectivity index is 2.70. The molecule has 1 atom stereocenters. The molecule has 0 saturated carbocycles. The van der Waals surface area contributed by atoms with Gasteiger partial charge in [0.1, 0.15) is 11.6 Å². The molecule has 0 saturated heterocycles. The molecule has 0 aromatic carbocycles. The molecule has 0 spiro atoms. The van der Waals surface area contributed by atoms with E-state index in [1.54, 1.807) is 13.8 Å². The Morgan fingerprint density at radius 2 is 2.28 bits per heavy atom. The van der Waals surface area contributed by atoms with Gasteiger partial charge in [-0.05, 0) is 13.8 Å². The van der Waals surface area contributed by atoms with Crippen LogP contribution in [0.25, 0.3) is 0 Å². The molecule has 0 unspecified atom stereocenters. The smallest absolute Gasteiger partial charge is 0.326 e. The fourth-order valence-corrected chi connectivity index (χ4v) is 1.24. The number of rotatable bonds is 6. The number of hydrogen-bond donors (Lipinski definition) is 3. The fourth-order valence-electron chi connectivity index (χ4n) is 1.24. The fraction of sp³-hybridized carbons (Fsp3) is 0.545. The zero-order valence-corrected chi connectivity index (χ0v) is 10.6. The Kier molecular flexibility index (Phi) is 4.43. The number of hydrogen-bond acceptors (Lipinski definition) is 4. The van der Waals surface area contributed by atoms with Gasteiger partial charge in [-0.1, -0.05) is 0 Å². The van der Waals surface area contributed by atoms with E-state index in [2.05, 4.69) is 15.3 Å². The summed E-state index contributed by atoms with van der Waals surface area (Å²) in [6.45, 7) is 3.13. The van der Waals surface area contributed by atoms with Gasteiger partial charge in [-0.15, -0.1) is 0 Å². The standard InChI is InChI=1S/C11H17N3O4/c1-11(2,18-3)10(17)14-8(9(15)16)4-7-5-12-6-13-7/h5-6,8H,4H2,1-3H3,(H,12,13)(H,14,17)(H,15,16)/t8-/m1/s1. The summed E-state index contributed by atoms with van der Waals surface area (Å²) in [5, 5.41) is 11.5. The number of carbonyl (C=O) groups is 2. The highest BCUT2D eigenvalue weighted by Gasteiger charge is 2.31. The van der Waals surface area contributed by atoms with Crippen LogP contribution in [0.2, 0.25) is 0 Å². The lowest BCUT2D eigenvalue weighted by molar-refractivity contribution is -0.147. The molecule has 100 valence electrons. The van der Waals surface area contributed by atoms with Gasteiger partial charge < -0.3 is 20.1 Å². The third kappa shape index (κ3) is 3.56. The van der Waals surface area contributed by atoms with Crippen LogP contribution in [0.4, 0.5) is 0 Å². The van der Waals surface area contributed by atoms with Crippen LogP contribution in [0.1, 0.15) is 19.5 Å². The molecule has 0 aliphatic heterocycles. The summed E-state index contributed by atoms with van der Waals surface area (Å²) in [5.74, 6) is -1.58. The van der Waals surface area contributed by atoms with Crippen molar-refractivity contribution in [2.24, 2.45) is 0 Å². The van der Waals surface area contributed by atoms with Crippen LogP contribution in [0, 0.1) is 0 Å². The van der Waals surface area contributed by atoms with Gasteiger partial charge in [-0.25, -0.2) is 9.78 Å². The Morgan fingerprint density at radius 3 is 2.72 bits per heavy atom. The summed E-state index contributed by atoms with van der Waals surface area (Å²) < 4.78 is 4.99. The van der Waals surface area contributed by atoms with Crippen LogP contribution < -0.4 is 5.32 Å². The topological polar surface area (TPSA) is 104 Å². The summed E-state index contributed by atoms with van der Waals surface area (Å²) in [6, 6.07) is -1.02. The first-order valence-electron chi connectivity index (χ1n) is 5.43. The van der Waals surface area contributed by atoms with Gasteiger partial charge in [0.05, 0.1) is 6.33 Å². The SMILES string of the molecule is COC(C)(C)C(=O)N[C@H](Cc1cnc[nH]1)C(=O)O. The van der Waals surface area contributed by atoms with Crippen LogP contribution in [0.5, 0.6) is 0 Å². The van der Waals surface area contributed by atoms with Crippen LogP contribution >= 0.6 is 0 Å². The van der Waals surface area contributed by atoms with Crippen molar-refractivity contribution in [3.8, 4) is 0 Å². The second-order valence-electron chi connectivity index (χ2n) is 4.36. The van der Waals surface area contributed by atoms with E-state index < -0.39 is 23.5 Å². The monoisotopic (exact) mass is 255 g/mol. The molecule has 7 nitrogen and oxygen atoms in total. The van der Waals surface area contributed by atoms with Crippen LogP contribution in [0.3, 0.4) is 0 Å². The minimum Gasteiger partial charge on any atom is -0.480 e. The predicted molar refractivity (Wildman–Crippen MR) is 62.9 cm³/mol. The van der Waals surface area contributed by atoms with E-state index in [0.717, 1.165) is 0 Å². The third-order valence-corrected chi connectivity index (χ3v) is 2.64. The third-order valence-electron chi connectivity index (χ3n) is 2.64. The average molecular weight is 255 g/mol. The van der Waals surface area contributed by atoms with Crippen LogP contribution in [-0.2, 0) is 20.7 Å². The van der Waals surface area contributed by atoms with Crippen LogP contribution in [0.15, 0.2) is 12.5 Å². The van der Waals surface area contributed by atoms with Crippen molar-refractivity contribution in [3.63, 3.8) is 0 Å². The largest absolute Gasteiger partial charge is 0.480 e. The first-order chi connectivity index (χ1) is 8.36. The van der Waals surface area contributed by atoms with Gasteiger partial charge in [0.2, 0.25) is 0 Å². The van der Waals surface area contributed by atoms with E-state index in [0.29, 0.717) is 5.69 Å². The van der Waals surface area contributed by atoms with E-state index in [4.69, 9.17) is 9.84 Å². The number of aromatic amines is 1. The molecule has 0 fully saturated rings. The lowest BCUT2D eigenvalue weighted by Gasteiger charge is -2.24. The molecule has 1 amide bonds. The number of nitrogens with one attached hydrogen (secondary N) is 2. The highest BCUT2D eigenvalue weighted by Crippen LogP contribution is 2.08. The second kappa shape index (κ2) is 5.63. The van der Waals surface area contributed by atoms with Crippen molar-refractivity contribution in [2.75, 3.05) is 7.11 Å². The zero-order valence-electron chi connectivity index (χ0n) is 10.6. The number of ether oxygens (including phenoxy) is 1. The highest BCUT2D eigenvalue weighted by molar-refractivity contribution is 5.88. The van der Waals surface area contributed by atoms with Crippen molar-refractivity contribution in [1.82, 2.24) is 15.3 Å². The van der Waals surface area contributed by atoms with E-state index in [9.17, 15) is 9.59 Å². The summed E-state index contributed by atoms with van der Waals surface area (Å²) in [5.41, 5.74) is -0.431. The maximum absolute atomic E-state index is 11.8. The zero-order chi connectivity index (χ0) is 13.8. The van der Waals surface area contributed by atoms with E-state index in [-0.39, 0.29) is 6.42 Å². The Bertz CT molecular complexity index is 414. The van der Waals surface area contributed by atoms with Crippen molar-refractivity contribution >= 4 is 11.9 Å². The minimum atomic E-state index is -1.11. The number of H-pyrrole nitrogens is 1. The molecule has 0 aliphatic rings. The molecule has 0 bridgehead atoms. The van der Waals surface area contributed by atoms with Crippen molar-refractivity contribution in [2.45, 2.75) is 31.9 Å². The van der Waals surface area contributed by atoms with E-state index >= 15 is 0 Å². The molecular formula is C11H17N3O4. The number of imidazole rings is 1. The molecule has 1 heterocycles. The Morgan fingerprint density at radius 1 is 1.61 bits per heavy atom. The summed E-state index contributed by atoms with van der Waals surface area (Å²) in [7, 11) is 1.39. The maximum atomic E-state index is 11.8. The number of carboxylic acids is 1. The molecule has 1 rings (SSSR count). The predicted octanol–water partition coefficient (Wildman–Crippen LogP) is -0.0534. The normalized spacial score (nSPS) is 13.1.